The molecule has 3 aromatic carbocycles. The highest BCUT2D eigenvalue weighted by molar-refractivity contribution is 14.1. The molecule has 3 aromatic rings. The molecule has 0 unspecified atom stereocenters. The second kappa shape index (κ2) is 9.66. The molecule has 4 nitrogen and oxygen atoms in total. The maximum atomic E-state index is 14.0. The van der Waals surface area contributed by atoms with Crippen LogP contribution in [-0.4, -0.2) is 11.9 Å². The van der Waals surface area contributed by atoms with Crippen LogP contribution in [0.1, 0.15) is 16.7 Å². The summed E-state index contributed by atoms with van der Waals surface area (Å²) in [6.07, 6.45) is 1.61. The van der Waals surface area contributed by atoms with Crippen molar-refractivity contribution in [1.82, 2.24) is 0 Å². The number of carbonyl (C=O) groups is 1. The first-order valence-corrected chi connectivity index (χ1v) is 11.6. The van der Waals surface area contributed by atoms with E-state index >= 15 is 0 Å². The summed E-state index contributed by atoms with van der Waals surface area (Å²) < 4.78 is 26.9. The number of ether oxygens (including phenoxy) is 2. The topological polar surface area (TPSA) is 47.9 Å². The van der Waals surface area contributed by atoms with Crippen molar-refractivity contribution in [2.45, 2.75) is 6.61 Å². The molecule has 1 aliphatic heterocycles. The zero-order chi connectivity index (χ0) is 22.0. The highest BCUT2D eigenvalue weighted by Gasteiger charge is 2.26. The van der Waals surface area contributed by atoms with Gasteiger partial charge in [-0.2, -0.15) is 0 Å². The highest BCUT2D eigenvalue weighted by atomic mass is 127. The Morgan fingerprint density at radius 2 is 1.81 bits per heavy atom. The molecular formula is C23H13ClFI2NO3. The van der Waals surface area contributed by atoms with Crippen molar-refractivity contribution in [1.29, 1.82) is 0 Å². The van der Waals surface area contributed by atoms with Crippen molar-refractivity contribution in [2.24, 2.45) is 4.99 Å². The van der Waals surface area contributed by atoms with Crippen LogP contribution in [0.2, 0.25) is 5.02 Å². The maximum Gasteiger partial charge on any atom is 0.363 e. The summed E-state index contributed by atoms with van der Waals surface area (Å²) in [7, 11) is 0. The van der Waals surface area contributed by atoms with E-state index in [9.17, 15) is 9.18 Å². The Morgan fingerprint density at radius 3 is 2.52 bits per heavy atom. The predicted molar refractivity (Wildman–Crippen MR) is 135 cm³/mol. The summed E-state index contributed by atoms with van der Waals surface area (Å²) in [5, 5.41) is 0.659. The van der Waals surface area contributed by atoms with Gasteiger partial charge in [0.05, 0.1) is 12.7 Å². The zero-order valence-electron chi connectivity index (χ0n) is 15.7. The van der Waals surface area contributed by atoms with E-state index in [0.29, 0.717) is 11.6 Å². The maximum absolute atomic E-state index is 14.0. The minimum Gasteiger partial charge on any atom is -0.487 e. The van der Waals surface area contributed by atoms with Crippen LogP contribution in [0.5, 0.6) is 5.75 Å². The van der Waals surface area contributed by atoms with Crippen LogP contribution in [-0.2, 0) is 16.1 Å². The fourth-order valence-corrected chi connectivity index (χ4v) is 5.24. The third-order valence-electron chi connectivity index (χ3n) is 4.32. The van der Waals surface area contributed by atoms with Gasteiger partial charge in [-0.05, 0) is 98.8 Å². The van der Waals surface area contributed by atoms with Gasteiger partial charge >= 0.3 is 5.97 Å². The van der Waals surface area contributed by atoms with E-state index in [-0.39, 0.29) is 17.2 Å². The van der Waals surface area contributed by atoms with E-state index in [0.717, 1.165) is 24.0 Å². The number of benzene rings is 3. The molecule has 8 heteroatoms. The molecule has 0 aromatic heterocycles. The van der Waals surface area contributed by atoms with E-state index in [2.05, 4.69) is 50.2 Å². The van der Waals surface area contributed by atoms with Crippen molar-refractivity contribution in [3.05, 3.63) is 101 Å². The summed E-state index contributed by atoms with van der Waals surface area (Å²) in [6, 6.07) is 17.3. The molecule has 4 rings (SSSR count). The lowest BCUT2D eigenvalue weighted by Crippen LogP contribution is -2.07. The smallest absolute Gasteiger partial charge is 0.363 e. The number of hydrogen-bond donors (Lipinski definition) is 0. The van der Waals surface area contributed by atoms with Gasteiger partial charge in [-0.25, -0.2) is 14.2 Å². The normalized spacial score (nSPS) is 14.5. The number of rotatable bonds is 5. The van der Waals surface area contributed by atoms with Crippen LogP contribution in [0.15, 0.2) is 71.4 Å². The van der Waals surface area contributed by atoms with E-state index in [1.165, 1.54) is 12.1 Å². The number of esters is 1. The second-order valence-electron chi connectivity index (χ2n) is 6.55. The van der Waals surface area contributed by atoms with Gasteiger partial charge in [-0.3, -0.25) is 0 Å². The number of nitrogens with zero attached hydrogens (tertiary/aromatic N) is 1. The quantitative estimate of drug-likeness (QED) is 0.176. The number of aliphatic imine (C=N–C) groups is 1. The van der Waals surface area contributed by atoms with Gasteiger partial charge in [0.2, 0.25) is 5.90 Å². The summed E-state index contributed by atoms with van der Waals surface area (Å²) >= 11 is 10.4. The van der Waals surface area contributed by atoms with Crippen molar-refractivity contribution in [3.63, 3.8) is 0 Å². The first-order chi connectivity index (χ1) is 14.9. The van der Waals surface area contributed by atoms with Crippen LogP contribution >= 0.6 is 56.8 Å². The number of hydrogen-bond acceptors (Lipinski definition) is 4. The molecule has 0 amide bonds. The fraction of sp³-hybridized carbons (Fsp3) is 0.0435. The molecule has 0 aliphatic carbocycles. The van der Waals surface area contributed by atoms with Gasteiger partial charge in [-0.15, -0.1) is 0 Å². The predicted octanol–water partition coefficient (Wildman–Crippen LogP) is 6.61. The Kier molecular flexibility index (Phi) is 6.92. The largest absolute Gasteiger partial charge is 0.487 e. The lowest BCUT2D eigenvalue weighted by molar-refractivity contribution is -0.129. The van der Waals surface area contributed by atoms with Gasteiger partial charge in [0.25, 0.3) is 0 Å². The average Bonchev–Trinajstić information content (AvgIpc) is 3.08. The SMILES string of the molecule is O=C1OC(c2ccccc2F)=N/C1=C\c1cc(I)c(OCc2cccc(Cl)c2)c(I)c1. The molecule has 1 heterocycles. The molecule has 0 fully saturated rings. The van der Waals surface area contributed by atoms with Gasteiger partial charge in [0, 0.05) is 5.02 Å². The molecular weight excluding hydrogens is 647 g/mol. The van der Waals surface area contributed by atoms with Gasteiger partial charge in [-0.1, -0.05) is 35.9 Å². The minimum absolute atomic E-state index is 0.0415. The third kappa shape index (κ3) is 5.27. The van der Waals surface area contributed by atoms with Gasteiger partial charge in [0.15, 0.2) is 5.70 Å². The van der Waals surface area contributed by atoms with E-state index in [4.69, 9.17) is 21.1 Å². The molecule has 0 bridgehead atoms. The number of cyclic esters (lactones) is 1. The molecule has 0 atom stereocenters. The van der Waals surface area contributed by atoms with Crippen molar-refractivity contribution < 1.29 is 18.7 Å². The fourth-order valence-electron chi connectivity index (χ4n) is 2.90. The Morgan fingerprint density at radius 1 is 1.06 bits per heavy atom. The van der Waals surface area contributed by atoms with Crippen molar-refractivity contribution >= 4 is 74.7 Å². The Hall–Kier alpha value is -1.98. The van der Waals surface area contributed by atoms with E-state index in [1.807, 2.05) is 36.4 Å². The van der Waals surface area contributed by atoms with Crippen molar-refractivity contribution in [3.8, 4) is 5.75 Å². The average molecular weight is 660 g/mol. The van der Waals surface area contributed by atoms with Gasteiger partial charge < -0.3 is 9.47 Å². The van der Waals surface area contributed by atoms with Crippen LogP contribution in [0, 0.1) is 13.0 Å². The summed E-state index contributed by atoms with van der Waals surface area (Å²) in [6.45, 7) is 0.385. The van der Waals surface area contributed by atoms with Crippen LogP contribution < -0.4 is 4.74 Å². The summed E-state index contributed by atoms with van der Waals surface area (Å²) in [5.74, 6) is -0.418. The third-order valence-corrected chi connectivity index (χ3v) is 6.16. The molecule has 0 spiro atoms. The van der Waals surface area contributed by atoms with Crippen LogP contribution in [0.25, 0.3) is 6.08 Å². The minimum atomic E-state index is -0.621. The number of carbonyl (C=O) groups excluding carboxylic acids is 1. The standard InChI is InChI=1S/C23H13ClFI2NO3/c24-15-5-3-4-13(8-15)12-30-21-18(26)9-14(10-19(21)27)11-20-23(29)31-22(28-20)16-6-1-2-7-17(16)25/h1-11H,12H2/b20-11-. The first-order valence-electron chi connectivity index (χ1n) is 9.04. The second-order valence-corrected chi connectivity index (χ2v) is 9.31. The van der Waals surface area contributed by atoms with Gasteiger partial charge in [0.1, 0.15) is 18.2 Å². The Balaban J connectivity index is 1.57. The lowest BCUT2D eigenvalue weighted by atomic mass is 10.2. The highest BCUT2D eigenvalue weighted by Crippen LogP contribution is 2.31. The summed E-state index contributed by atoms with van der Waals surface area (Å²) in [4.78, 5) is 16.4. The zero-order valence-corrected chi connectivity index (χ0v) is 20.8. The molecule has 0 saturated heterocycles. The Labute approximate surface area is 210 Å². The molecule has 0 N–H and O–H groups in total. The van der Waals surface area contributed by atoms with Crippen molar-refractivity contribution in [2.75, 3.05) is 0 Å². The molecule has 31 heavy (non-hydrogen) atoms. The molecule has 0 radical (unpaired) electrons. The van der Waals surface area contributed by atoms with E-state index < -0.39 is 11.8 Å². The molecule has 156 valence electrons. The van der Waals surface area contributed by atoms with Crippen LogP contribution in [0.4, 0.5) is 4.39 Å². The first kappa shape index (κ1) is 22.2. The Bertz CT molecular complexity index is 1220. The molecule has 1 aliphatic rings. The monoisotopic (exact) mass is 659 g/mol. The van der Waals surface area contributed by atoms with E-state index in [1.54, 1.807) is 18.2 Å². The van der Waals surface area contributed by atoms with Crippen LogP contribution in [0.3, 0.4) is 0 Å². The lowest BCUT2D eigenvalue weighted by Gasteiger charge is -2.12. The number of halogens is 4. The molecule has 0 saturated carbocycles. The summed E-state index contributed by atoms with van der Waals surface area (Å²) in [5.41, 5.74) is 1.98.